The van der Waals surface area contributed by atoms with Gasteiger partial charge in [0.05, 0.1) is 23.8 Å². The van der Waals surface area contributed by atoms with Crippen LogP contribution in [0.4, 0.5) is 0 Å². The van der Waals surface area contributed by atoms with Gasteiger partial charge < -0.3 is 14.8 Å². The maximum atomic E-state index is 13.4. The minimum Gasteiger partial charge on any atom is -0.481 e. The molecule has 5 heteroatoms. The van der Waals surface area contributed by atoms with Crippen molar-refractivity contribution >= 4 is 11.8 Å². The molecule has 2 heterocycles. The summed E-state index contributed by atoms with van der Waals surface area (Å²) in [5.74, 6) is 0.237. The lowest BCUT2D eigenvalue weighted by molar-refractivity contribution is -0.152. The van der Waals surface area contributed by atoms with Gasteiger partial charge in [0, 0.05) is 18.0 Å². The molecule has 0 amide bonds. The SMILES string of the molecule is CC/C(=C/C=C/[C@@H]1C=C[C@@H]2CCC[C@@H]2[C@@H]1C(=O)c1ccc[nH]1)[C@H]1O[C@@H]([C@H](C)C(=O)O)CC[C@@H]1C. The fourth-order valence-electron chi connectivity index (χ4n) is 6.26. The standard InChI is InChI=1S/C29H39NO4/c1-4-20(28-18(2)13-16-25(34-28)19(3)29(32)33)8-5-10-22-15-14-21-9-6-11-23(21)26(22)27(31)24-12-7-17-30-24/h5,7-8,10,12,14-15,17-19,21-23,25-26,28,30H,4,6,9,11,13,16H2,1-3H3,(H,32,33)/b10-5+,20-8-/t18-,19-,21-,22+,23-,25+,26+,28-/m0/s1. The Morgan fingerprint density at radius 1 is 1.24 bits per heavy atom. The fourth-order valence-corrected chi connectivity index (χ4v) is 6.26. The van der Waals surface area contributed by atoms with Crippen LogP contribution in [-0.2, 0) is 9.53 Å². The van der Waals surface area contributed by atoms with Crippen LogP contribution in [0.25, 0.3) is 0 Å². The Balaban J connectivity index is 1.53. The zero-order chi connectivity index (χ0) is 24.2. The molecule has 5 nitrogen and oxygen atoms in total. The van der Waals surface area contributed by atoms with E-state index in [1.807, 2.05) is 18.3 Å². The molecule has 2 N–H and O–H groups in total. The summed E-state index contributed by atoms with van der Waals surface area (Å²) in [5.41, 5.74) is 1.90. The lowest BCUT2D eigenvalue weighted by Crippen LogP contribution is -2.40. The number of carboxylic acid groups (broad SMARTS) is 1. The molecule has 8 atom stereocenters. The van der Waals surface area contributed by atoms with Crippen LogP contribution in [0.2, 0.25) is 0 Å². The molecule has 1 aromatic rings. The van der Waals surface area contributed by atoms with Crippen molar-refractivity contribution in [3.05, 3.63) is 60.0 Å². The first-order chi connectivity index (χ1) is 16.4. The van der Waals surface area contributed by atoms with Gasteiger partial charge in [0.25, 0.3) is 0 Å². The van der Waals surface area contributed by atoms with Crippen molar-refractivity contribution < 1.29 is 19.4 Å². The molecule has 0 aromatic carbocycles. The minimum absolute atomic E-state index is 0.0310. The predicted molar refractivity (Wildman–Crippen MR) is 133 cm³/mol. The van der Waals surface area contributed by atoms with Gasteiger partial charge in [0.2, 0.25) is 0 Å². The number of carbonyl (C=O) groups excluding carboxylic acids is 1. The van der Waals surface area contributed by atoms with Crippen molar-refractivity contribution in [1.29, 1.82) is 0 Å². The molecule has 1 saturated carbocycles. The van der Waals surface area contributed by atoms with Crippen molar-refractivity contribution in [3.8, 4) is 0 Å². The number of fused-ring (bicyclic) bond motifs is 1. The van der Waals surface area contributed by atoms with Crippen molar-refractivity contribution in [1.82, 2.24) is 4.98 Å². The fraction of sp³-hybridized carbons (Fsp3) is 0.586. The van der Waals surface area contributed by atoms with Gasteiger partial charge >= 0.3 is 5.97 Å². The summed E-state index contributed by atoms with van der Waals surface area (Å²) in [4.78, 5) is 28.0. The Kier molecular flexibility index (Phi) is 7.92. The summed E-state index contributed by atoms with van der Waals surface area (Å²) in [6.45, 7) is 6.05. The molecule has 1 aliphatic heterocycles. The van der Waals surface area contributed by atoms with Crippen molar-refractivity contribution in [2.45, 2.75) is 71.5 Å². The maximum Gasteiger partial charge on any atom is 0.308 e. The van der Waals surface area contributed by atoms with E-state index in [0.717, 1.165) is 25.7 Å². The summed E-state index contributed by atoms with van der Waals surface area (Å²) in [7, 11) is 0. The third kappa shape index (κ3) is 5.14. The molecule has 2 aliphatic carbocycles. The molecule has 2 fully saturated rings. The second-order valence-electron chi connectivity index (χ2n) is 10.5. The van der Waals surface area contributed by atoms with E-state index in [2.05, 4.69) is 49.2 Å². The first-order valence-electron chi connectivity index (χ1n) is 13.0. The third-order valence-electron chi connectivity index (χ3n) is 8.36. The molecule has 34 heavy (non-hydrogen) atoms. The Bertz CT molecular complexity index is 943. The van der Waals surface area contributed by atoms with Gasteiger partial charge in [-0.1, -0.05) is 50.6 Å². The molecule has 0 bridgehead atoms. The predicted octanol–water partition coefficient (Wildman–Crippen LogP) is 6.21. The largest absolute Gasteiger partial charge is 0.481 e. The van der Waals surface area contributed by atoms with E-state index in [4.69, 9.17) is 4.74 Å². The second-order valence-corrected chi connectivity index (χ2v) is 10.5. The van der Waals surface area contributed by atoms with E-state index in [0.29, 0.717) is 23.4 Å². The summed E-state index contributed by atoms with van der Waals surface area (Å²) in [6, 6.07) is 3.78. The quantitative estimate of drug-likeness (QED) is 0.272. The first-order valence-corrected chi connectivity index (χ1v) is 13.0. The number of hydrogen-bond donors (Lipinski definition) is 2. The molecule has 0 radical (unpaired) electrons. The van der Waals surface area contributed by atoms with E-state index in [1.165, 1.54) is 18.4 Å². The number of allylic oxidation sites excluding steroid dienone is 5. The molecule has 1 saturated heterocycles. The van der Waals surface area contributed by atoms with Gasteiger partial charge in [0.1, 0.15) is 0 Å². The zero-order valence-corrected chi connectivity index (χ0v) is 20.7. The number of hydrogen-bond acceptors (Lipinski definition) is 3. The smallest absolute Gasteiger partial charge is 0.308 e. The number of aliphatic carboxylic acids is 1. The van der Waals surface area contributed by atoms with Gasteiger partial charge in [-0.3, -0.25) is 9.59 Å². The zero-order valence-electron chi connectivity index (χ0n) is 20.7. The number of Topliss-reactive ketones (excluding diaryl/α,β-unsaturated/α-hetero) is 1. The van der Waals surface area contributed by atoms with E-state index >= 15 is 0 Å². The first kappa shape index (κ1) is 24.7. The van der Waals surface area contributed by atoms with Crippen LogP contribution in [0.5, 0.6) is 0 Å². The minimum atomic E-state index is -0.799. The van der Waals surface area contributed by atoms with E-state index in [1.54, 1.807) is 6.92 Å². The normalized spacial score (nSPS) is 34.8. The number of ketones is 1. The van der Waals surface area contributed by atoms with Crippen molar-refractivity contribution in [2.75, 3.05) is 0 Å². The van der Waals surface area contributed by atoms with Crippen LogP contribution in [0, 0.1) is 35.5 Å². The molecule has 1 aromatic heterocycles. The number of aromatic amines is 1. The molecular weight excluding hydrogens is 426 g/mol. The molecular formula is C29H39NO4. The van der Waals surface area contributed by atoms with Crippen LogP contribution in [0.15, 0.2) is 54.3 Å². The van der Waals surface area contributed by atoms with Crippen LogP contribution < -0.4 is 0 Å². The van der Waals surface area contributed by atoms with Crippen molar-refractivity contribution in [3.63, 3.8) is 0 Å². The summed E-state index contributed by atoms with van der Waals surface area (Å²) >= 11 is 0. The number of carbonyl (C=O) groups is 2. The third-order valence-corrected chi connectivity index (χ3v) is 8.36. The van der Waals surface area contributed by atoms with E-state index in [-0.39, 0.29) is 29.8 Å². The van der Waals surface area contributed by atoms with Crippen LogP contribution >= 0.6 is 0 Å². The average Bonchev–Trinajstić information content (AvgIpc) is 3.53. The Labute approximate surface area is 203 Å². The number of carboxylic acids is 1. The van der Waals surface area contributed by atoms with Crippen LogP contribution in [0.1, 0.15) is 69.8 Å². The lowest BCUT2D eigenvalue weighted by atomic mass is 9.69. The highest BCUT2D eigenvalue weighted by Gasteiger charge is 2.42. The Morgan fingerprint density at radius 3 is 2.76 bits per heavy atom. The Hall–Kier alpha value is -2.40. The monoisotopic (exact) mass is 465 g/mol. The average molecular weight is 466 g/mol. The van der Waals surface area contributed by atoms with Crippen molar-refractivity contribution in [2.24, 2.45) is 35.5 Å². The van der Waals surface area contributed by atoms with Gasteiger partial charge in [0.15, 0.2) is 5.78 Å². The Morgan fingerprint density at radius 2 is 2.06 bits per heavy atom. The summed E-state index contributed by atoms with van der Waals surface area (Å²) < 4.78 is 6.33. The lowest BCUT2D eigenvalue weighted by Gasteiger charge is -2.37. The molecule has 184 valence electrons. The van der Waals surface area contributed by atoms with E-state index < -0.39 is 11.9 Å². The summed E-state index contributed by atoms with van der Waals surface area (Å²) in [6.07, 6.45) is 18.6. The van der Waals surface area contributed by atoms with Crippen LogP contribution in [0.3, 0.4) is 0 Å². The highest BCUT2D eigenvalue weighted by Crippen LogP contribution is 2.46. The number of ether oxygens (including phenoxy) is 1. The number of aromatic nitrogens is 1. The van der Waals surface area contributed by atoms with Gasteiger partial charge in [-0.2, -0.15) is 0 Å². The van der Waals surface area contributed by atoms with Gasteiger partial charge in [-0.05, 0) is 74.5 Å². The number of rotatable bonds is 8. The van der Waals surface area contributed by atoms with Gasteiger partial charge in [-0.15, -0.1) is 0 Å². The summed E-state index contributed by atoms with van der Waals surface area (Å²) in [5, 5.41) is 9.43. The van der Waals surface area contributed by atoms with E-state index in [9.17, 15) is 14.7 Å². The van der Waals surface area contributed by atoms with Gasteiger partial charge in [-0.25, -0.2) is 0 Å². The number of H-pyrrole nitrogens is 1. The van der Waals surface area contributed by atoms with Crippen LogP contribution in [-0.4, -0.2) is 34.1 Å². The highest BCUT2D eigenvalue weighted by atomic mass is 16.5. The molecule has 0 spiro atoms. The molecule has 0 unspecified atom stereocenters. The molecule has 4 rings (SSSR count). The molecule has 3 aliphatic rings. The second kappa shape index (κ2) is 10.9. The number of nitrogens with one attached hydrogen (secondary N) is 1. The maximum absolute atomic E-state index is 13.4. The topological polar surface area (TPSA) is 79.4 Å². The highest BCUT2D eigenvalue weighted by molar-refractivity contribution is 5.97.